The molecule has 1 aliphatic rings. The molecule has 29 heavy (non-hydrogen) atoms. The van der Waals surface area contributed by atoms with Crippen LogP contribution in [-0.4, -0.2) is 64.5 Å². The lowest BCUT2D eigenvalue weighted by atomic mass is 9.96. The van der Waals surface area contributed by atoms with E-state index in [-0.39, 0.29) is 41.5 Å². The first-order valence-electron chi connectivity index (χ1n) is 8.76. The van der Waals surface area contributed by atoms with E-state index in [4.69, 9.17) is 27.9 Å². The van der Waals surface area contributed by atoms with Gasteiger partial charge in [0.25, 0.3) is 11.8 Å². The fourth-order valence-corrected chi connectivity index (χ4v) is 3.33. The maximum Gasteiger partial charge on any atom is 0.254 e. The number of halogens is 2. The summed E-state index contributed by atoms with van der Waals surface area (Å²) in [6.07, 6.45) is -2.19. The molecule has 3 rings (SSSR count). The molecule has 1 aromatic heterocycles. The molecule has 8 nitrogen and oxygen atoms in total. The van der Waals surface area contributed by atoms with E-state index in [0.717, 1.165) is 0 Å². The smallest absolute Gasteiger partial charge is 0.254 e. The molecule has 0 spiro atoms. The molecule has 1 fully saturated rings. The van der Waals surface area contributed by atoms with Crippen LogP contribution < -0.4 is 10.6 Å². The Morgan fingerprint density at radius 3 is 2.55 bits per heavy atom. The van der Waals surface area contributed by atoms with Gasteiger partial charge in [-0.25, -0.2) is 4.98 Å². The van der Waals surface area contributed by atoms with E-state index < -0.39 is 23.7 Å². The van der Waals surface area contributed by atoms with Gasteiger partial charge in [0, 0.05) is 12.1 Å². The number of hydrogen-bond donors (Lipinski definition) is 4. The zero-order valence-electron chi connectivity index (χ0n) is 15.1. The van der Waals surface area contributed by atoms with Gasteiger partial charge in [0.2, 0.25) is 0 Å². The molecule has 154 valence electrons. The lowest BCUT2D eigenvalue weighted by molar-refractivity contribution is -0.0464. The summed E-state index contributed by atoms with van der Waals surface area (Å²) < 4.78 is 5.42. The molecular weight excluding hydrogens is 421 g/mol. The van der Waals surface area contributed by atoms with E-state index in [9.17, 15) is 19.8 Å². The average Bonchev–Trinajstić information content (AvgIpc) is 2.99. The maximum absolute atomic E-state index is 12.2. The first-order chi connectivity index (χ1) is 13.8. The van der Waals surface area contributed by atoms with Crippen molar-refractivity contribution in [1.29, 1.82) is 0 Å². The quantitative estimate of drug-likeness (QED) is 0.499. The number of carbonyl (C=O) groups is 2. The number of nitrogens with zero attached hydrogens (tertiary/aromatic N) is 1. The van der Waals surface area contributed by atoms with E-state index >= 15 is 0 Å². The molecule has 4 N–H and O–H groups in total. The number of aliphatic hydroxyl groups is 2. The Bertz CT molecular complexity index is 899. The number of nitrogens with one attached hydrogen (secondary N) is 2. The molecule has 0 aliphatic carbocycles. The number of hydrogen-bond acceptors (Lipinski definition) is 6. The highest BCUT2D eigenvalue weighted by Crippen LogP contribution is 2.24. The van der Waals surface area contributed by atoms with Crippen LogP contribution in [0, 0.1) is 0 Å². The Morgan fingerprint density at radius 2 is 1.86 bits per heavy atom. The van der Waals surface area contributed by atoms with Crippen molar-refractivity contribution in [3.8, 4) is 0 Å². The predicted octanol–water partition coefficient (Wildman–Crippen LogP) is 1.04. The van der Waals surface area contributed by atoms with E-state index in [1.54, 1.807) is 30.3 Å². The molecule has 3 atom stereocenters. The van der Waals surface area contributed by atoms with Crippen LogP contribution >= 0.6 is 23.2 Å². The molecule has 1 aliphatic heterocycles. The molecule has 10 heteroatoms. The van der Waals surface area contributed by atoms with Crippen molar-refractivity contribution >= 4 is 35.0 Å². The number of amides is 2. The predicted molar refractivity (Wildman–Crippen MR) is 106 cm³/mol. The van der Waals surface area contributed by atoms with Crippen molar-refractivity contribution in [1.82, 2.24) is 15.6 Å². The van der Waals surface area contributed by atoms with Crippen LogP contribution in [0.2, 0.25) is 10.3 Å². The van der Waals surface area contributed by atoms with Crippen LogP contribution in [0.5, 0.6) is 0 Å². The molecule has 1 saturated heterocycles. The minimum Gasteiger partial charge on any atom is -0.387 e. The minimum absolute atomic E-state index is 0.0528. The topological polar surface area (TPSA) is 121 Å². The molecule has 1 aromatic carbocycles. The maximum atomic E-state index is 12.2. The molecule has 0 saturated carbocycles. The molecule has 2 aromatic rings. The SMILES string of the molecule is O=C(NC[C@]1(O)CO[C@H](CNC(=O)c2ccc(Cl)nc2Cl)C1O)c1ccccc1. The van der Waals surface area contributed by atoms with Crippen LogP contribution in [0.25, 0.3) is 0 Å². The van der Waals surface area contributed by atoms with E-state index in [1.165, 1.54) is 12.1 Å². The summed E-state index contributed by atoms with van der Waals surface area (Å²) in [6, 6.07) is 11.3. The fraction of sp³-hybridized carbons (Fsp3) is 0.316. The normalized spacial score (nSPS) is 23.6. The summed E-state index contributed by atoms with van der Waals surface area (Å²) in [6.45, 7) is -0.486. The number of aromatic nitrogens is 1. The van der Waals surface area contributed by atoms with Gasteiger partial charge in [-0.15, -0.1) is 0 Å². The monoisotopic (exact) mass is 439 g/mol. The van der Waals surface area contributed by atoms with E-state index in [2.05, 4.69) is 15.6 Å². The Balaban J connectivity index is 1.54. The summed E-state index contributed by atoms with van der Waals surface area (Å²) >= 11 is 11.6. The van der Waals surface area contributed by atoms with E-state index in [1.807, 2.05) is 0 Å². The second kappa shape index (κ2) is 9.06. The lowest BCUT2D eigenvalue weighted by Gasteiger charge is -2.26. The van der Waals surface area contributed by atoms with Gasteiger partial charge in [0.1, 0.15) is 28.1 Å². The number of carbonyl (C=O) groups excluding carboxylic acids is 2. The van der Waals surface area contributed by atoms with Crippen LogP contribution in [-0.2, 0) is 4.74 Å². The van der Waals surface area contributed by atoms with Crippen LogP contribution in [0.4, 0.5) is 0 Å². The van der Waals surface area contributed by atoms with Crippen molar-refractivity contribution in [3.63, 3.8) is 0 Å². The second-order valence-corrected chi connectivity index (χ2v) is 7.37. The van der Waals surface area contributed by atoms with Crippen LogP contribution in [0.1, 0.15) is 20.7 Å². The van der Waals surface area contributed by atoms with Gasteiger partial charge in [-0.05, 0) is 24.3 Å². The number of benzene rings is 1. The zero-order chi connectivity index (χ0) is 21.0. The van der Waals surface area contributed by atoms with Crippen molar-refractivity contribution in [2.45, 2.75) is 17.8 Å². The van der Waals surface area contributed by atoms with Crippen molar-refractivity contribution in [3.05, 3.63) is 63.9 Å². The fourth-order valence-electron chi connectivity index (χ4n) is 2.89. The summed E-state index contributed by atoms with van der Waals surface area (Å²) in [5.41, 5.74) is -1.13. The summed E-state index contributed by atoms with van der Waals surface area (Å²) in [4.78, 5) is 28.2. The van der Waals surface area contributed by atoms with Gasteiger partial charge in [-0.3, -0.25) is 9.59 Å². The summed E-state index contributed by atoms with van der Waals surface area (Å²) in [5.74, 6) is -0.907. The van der Waals surface area contributed by atoms with Gasteiger partial charge in [0.15, 0.2) is 0 Å². The standard InChI is InChI=1S/C19H19Cl2N3O5/c20-14-7-6-12(16(21)24-14)18(27)22-8-13-15(25)19(28,10-29-13)9-23-17(26)11-4-2-1-3-5-11/h1-7,13,15,25,28H,8-10H2,(H,22,27)(H,23,26)/t13-,15?,19+/m1/s1. The Labute approximate surface area is 176 Å². The molecule has 2 amide bonds. The highest BCUT2D eigenvalue weighted by molar-refractivity contribution is 6.34. The first-order valence-corrected chi connectivity index (χ1v) is 9.51. The zero-order valence-corrected chi connectivity index (χ0v) is 16.7. The number of aliphatic hydroxyl groups excluding tert-OH is 1. The molecule has 1 unspecified atom stereocenters. The molecule has 0 radical (unpaired) electrons. The molecular formula is C19H19Cl2N3O5. The largest absolute Gasteiger partial charge is 0.387 e. The van der Waals surface area contributed by atoms with Gasteiger partial charge >= 0.3 is 0 Å². The van der Waals surface area contributed by atoms with Gasteiger partial charge < -0.3 is 25.6 Å². The average molecular weight is 440 g/mol. The van der Waals surface area contributed by atoms with Crippen LogP contribution in [0.3, 0.4) is 0 Å². The lowest BCUT2D eigenvalue weighted by Crippen LogP contribution is -2.53. The number of pyridine rings is 1. The number of rotatable bonds is 6. The van der Waals surface area contributed by atoms with Crippen molar-refractivity contribution in [2.24, 2.45) is 0 Å². The van der Waals surface area contributed by atoms with E-state index in [0.29, 0.717) is 5.56 Å². The van der Waals surface area contributed by atoms with Crippen molar-refractivity contribution < 1.29 is 24.5 Å². The van der Waals surface area contributed by atoms with Crippen molar-refractivity contribution in [2.75, 3.05) is 19.7 Å². The highest BCUT2D eigenvalue weighted by Gasteiger charge is 2.48. The number of ether oxygens (including phenoxy) is 1. The highest BCUT2D eigenvalue weighted by atomic mass is 35.5. The minimum atomic E-state index is -1.68. The summed E-state index contributed by atoms with van der Waals surface area (Å²) in [5, 5.41) is 26.3. The van der Waals surface area contributed by atoms with Gasteiger partial charge in [-0.2, -0.15) is 0 Å². The van der Waals surface area contributed by atoms with Gasteiger partial charge in [0.05, 0.1) is 18.7 Å². The molecule has 0 bridgehead atoms. The Hall–Kier alpha value is -2.23. The molecule has 2 heterocycles. The second-order valence-electron chi connectivity index (χ2n) is 6.63. The van der Waals surface area contributed by atoms with Gasteiger partial charge in [-0.1, -0.05) is 41.4 Å². The first kappa shape index (κ1) is 21.5. The third kappa shape index (κ3) is 5.04. The summed E-state index contributed by atoms with van der Waals surface area (Å²) in [7, 11) is 0. The third-order valence-corrected chi connectivity index (χ3v) is 5.06. The third-order valence-electron chi connectivity index (χ3n) is 4.56. The Kier molecular flexibility index (Phi) is 6.71. The van der Waals surface area contributed by atoms with Crippen LogP contribution in [0.15, 0.2) is 42.5 Å². The Morgan fingerprint density at radius 1 is 1.14 bits per heavy atom.